The van der Waals surface area contributed by atoms with Crippen molar-refractivity contribution in [1.82, 2.24) is 4.31 Å². The first kappa shape index (κ1) is 17.2. The molecular weight excluding hydrogens is 326 g/mol. The van der Waals surface area contributed by atoms with Crippen LogP contribution in [0.4, 0.5) is 0 Å². The number of fused-ring (bicyclic) bond motifs is 1. The lowest BCUT2D eigenvalue weighted by atomic mass is 10.1. The summed E-state index contributed by atoms with van der Waals surface area (Å²) in [4.78, 5) is 0.320. The van der Waals surface area contributed by atoms with E-state index >= 15 is 0 Å². The number of hydrogen-bond acceptors (Lipinski definition) is 4. The molecule has 0 unspecified atom stereocenters. The number of ether oxygens (including phenoxy) is 2. The Morgan fingerprint density at radius 2 is 1.71 bits per heavy atom. The monoisotopic (exact) mass is 349 g/mol. The maximum atomic E-state index is 12.9. The summed E-state index contributed by atoms with van der Waals surface area (Å²) in [5.41, 5.74) is 0. The van der Waals surface area contributed by atoms with Gasteiger partial charge in [0.2, 0.25) is 10.0 Å². The van der Waals surface area contributed by atoms with Crippen molar-refractivity contribution in [3.8, 4) is 5.75 Å². The van der Waals surface area contributed by atoms with E-state index in [0.29, 0.717) is 24.6 Å². The Bertz CT molecular complexity index is 824. The molecule has 3 rings (SSSR count). The third kappa shape index (κ3) is 3.41. The summed E-state index contributed by atoms with van der Waals surface area (Å²) in [7, 11) is -3.52. The lowest BCUT2D eigenvalue weighted by Gasteiger charge is -2.34. The SMILES string of the molecule is CCOc1ccc2cc(S(=O)(=O)N3C[C@@H](C)O[C@@H](C)C3)ccc2c1. The largest absolute Gasteiger partial charge is 0.494 e. The molecule has 0 aromatic heterocycles. The van der Waals surface area contributed by atoms with Crippen molar-refractivity contribution >= 4 is 20.8 Å². The molecule has 0 spiro atoms. The van der Waals surface area contributed by atoms with Crippen LogP contribution in [0.15, 0.2) is 41.3 Å². The van der Waals surface area contributed by atoms with Crippen molar-refractivity contribution in [3.05, 3.63) is 36.4 Å². The number of nitrogens with zero attached hydrogens (tertiary/aromatic N) is 1. The molecule has 1 fully saturated rings. The van der Waals surface area contributed by atoms with Crippen LogP contribution in [0.2, 0.25) is 0 Å². The minimum atomic E-state index is -3.52. The lowest BCUT2D eigenvalue weighted by molar-refractivity contribution is -0.0440. The summed E-state index contributed by atoms with van der Waals surface area (Å²) in [5, 5.41) is 1.84. The average molecular weight is 349 g/mol. The Labute approximate surface area is 143 Å². The van der Waals surface area contributed by atoms with Gasteiger partial charge in [-0.25, -0.2) is 8.42 Å². The molecule has 1 saturated heterocycles. The number of benzene rings is 2. The maximum Gasteiger partial charge on any atom is 0.243 e. The second kappa shape index (κ2) is 6.70. The van der Waals surface area contributed by atoms with Gasteiger partial charge in [-0.3, -0.25) is 0 Å². The zero-order valence-corrected chi connectivity index (χ0v) is 15.0. The Hall–Kier alpha value is -1.63. The molecule has 130 valence electrons. The van der Waals surface area contributed by atoms with Crippen molar-refractivity contribution in [2.75, 3.05) is 19.7 Å². The van der Waals surface area contributed by atoms with Crippen LogP contribution in [-0.2, 0) is 14.8 Å². The van der Waals surface area contributed by atoms with Crippen molar-refractivity contribution in [3.63, 3.8) is 0 Å². The van der Waals surface area contributed by atoms with Crippen molar-refractivity contribution < 1.29 is 17.9 Å². The van der Waals surface area contributed by atoms with Crippen molar-refractivity contribution in [1.29, 1.82) is 0 Å². The zero-order chi connectivity index (χ0) is 17.3. The molecule has 2 atom stereocenters. The van der Waals surface area contributed by atoms with Gasteiger partial charge in [-0.1, -0.05) is 12.1 Å². The minimum Gasteiger partial charge on any atom is -0.494 e. The molecule has 0 radical (unpaired) electrons. The third-order valence-corrected chi connectivity index (χ3v) is 5.95. The van der Waals surface area contributed by atoms with E-state index in [2.05, 4.69) is 0 Å². The predicted molar refractivity (Wildman–Crippen MR) is 93.9 cm³/mol. The summed E-state index contributed by atoms with van der Waals surface area (Å²) in [6.07, 6.45) is -0.199. The quantitative estimate of drug-likeness (QED) is 0.851. The van der Waals surface area contributed by atoms with E-state index in [4.69, 9.17) is 9.47 Å². The molecule has 1 aliphatic heterocycles. The minimum absolute atomic E-state index is 0.0993. The van der Waals surface area contributed by atoms with E-state index in [9.17, 15) is 8.42 Å². The highest BCUT2D eigenvalue weighted by Crippen LogP contribution is 2.27. The van der Waals surface area contributed by atoms with Crippen LogP contribution >= 0.6 is 0 Å². The van der Waals surface area contributed by atoms with Gasteiger partial charge in [0.15, 0.2) is 0 Å². The van der Waals surface area contributed by atoms with Crippen molar-refractivity contribution in [2.24, 2.45) is 0 Å². The smallest absolute Gasteiger partial charge is 0.243 e. The highest BCUT2D eigenvalue weighted by atomic mass is 32.2. The van der Waals surface area contributed by atoms with Crippen LogP contribution in [0.1, 0.15) is 20.8 Å². The van der Waals surface area contributed by atoms with E-state index in [1.165, 1.54) is 4.31 Å². The van der Waals surface area contributed by atoms with E-state index in [1.54, 1.807) is 12.1 Å². The van der Waals surface area contributed by atoms with E-state index in [1.807, 2.05) is 45.0 Å². The lowest BCUT2D eigenvalue weighted by Crippen LogP contribution is -2.48. The molecule has 0 aliphatic carbocycles. The normalized spacial score (nSPS) is 22.6. The van der Waals surface area contributed by atoms with Crippen LogP contribution in [0, 0.1) is 0 Å². The Kier molecular flexibility index (Phi) is 4.80. The second-order valence-corrected chi connectivity index (χ2v) is 8.12. The molecule has 0 bridgehead atoms. The van der Waals surface area contributed by atoms with E-state index < -0.39 is 10.0 Å². The molecule has 2 aromatic carbocycles. The average Bonchev–Trinajstić information content (AvgIpc) is 2.53. The van der Waals surface area contributed by atoms with E-state index in [-0.39, 0.29) is 12.2 Å². The zero-order valence-electron chi connectivity index (χ0n) is 14.2. The van der Waals surface area contributed by atoms with E-state index in [0.717, 1.165) is 16.5 Å². The maximum absolute atomic E-state index is 12.9. The fourth-order valence-electron chi connectivity index (χ4n) is 3.09. The Balaban J connectivity index is 1.94. The molecular formula is C18H23NO4S. The topological polar surface area (TPSA) is 55.8 Å². The molecule has 1 heterocycles. The highest BCUT2D eigenvalue weighted by Gasteiger charge is 2.32. The van der Waals surface area contributed by atoms with Gasteiger partial charge in [-0.2, -0.15) is 4.31 Å². The fraction of sp³-hybridized carbons (Fsp3) is 0.444. The summed E-state index contributed by atoms with van der Waals surface area (Å²) >= 11 is 0. The number of hydrogen-bond donors (Lipinski definition) is 0. The van der Waals surface area contributed by atoms with Gasteiger partial charge in [0.05, 0.1) is 23.7 Å². The van der Waals surface area contributed by atoms with Crippen LogP contribution in [-0.4, -0.2) is 44.6 Å². The Morgan fingerprint density at radius 1 is 1.08 bits per heavy atom. The molecule has 0 saturated carbocycles. The number of rotatable bonds is 4. The van der Waals surface area contributed by atoms with Crippen molar-refractivity contribution in [2.45, 2.75) is 37.9 Å². The molecule has 24 heavy (non-hydrogen) atoms. The van der Waals surface area contributed by atoms with Gasteiger partial charge in [0.1, 0.15) is 5.75 Å². The first-order valence-electron chi connectivity index (χ1n) is 8.22. The van der Waals surface area contributed by atoms with Gasteiger partial charge >= 0.3 is 0 Å². The van der Waals surface area contributed by atoms with Crippen LogP contribution in [0.5, 0.6) is 5.75 Å². The third-order valence-electron chi connectivity index (χ3n) is 4.12. The molecule has 5 nitrogen and oxygen atoms in total. The van der Waals surface area contributed by atoms with Crippen LogP contribution in [0.25, 0.3) is 10.8 Å². The summed E-state index contributed by atoms with van der Waals surface area (Å²) in [6, 6.07) is 10.9. The van der Waals surface area contributed by atoms with Crippen LogP contribution < -0.4 is 4.74 Å². The van der Waals surface area contributed by atoms with Gasteiger partial charge in [-0.15, -0.1) is 0 Å². The fourth-order valence-corrected chi connectivity index (χ4v) is 4.72. The summed E-state index contributed by atoms with van der Waals surface area (Å²) < 4.78 is 38.5. The highest BCUT2D eigenvalue weighted by molar-refractivity contribution is 7.89. The van der Waals surface area contributed by atoms with Gasteiger partial charge in [0.25, 0.3) is 0 Å². The summed E-state index contributed by atoms with van der Waals surface area (Å²) in [5.74, 6) is 0.788. The summed E-state index contributed by atoms with van der Waals surface area (Å²) in [6.45, 7) is 7.10. The first-order valence-corrected chi connectivity index (χ1v) is 9.66. The molecule has 2 aromatic rings. The van der Waals surface area contributed by atoms with Gasteiger partial charge in [0, 0.05) is 13.1 Å². The standard InChI is InChI=1S/C18H23NO4S/c1-4-22-17-7-5-16-10-18(8-6-15(16)9-17)24(20,21)19-11-13(2)23-14(3)12-19/h5-10,13-14H,4,11-12H2,1-3H3/t13-,14+. The molecule has 1 aliphatic rings. The number of morpholine rings is 1. The van der Waals surface area contributed by atoms with Gasteiger partial charge < -0.3 is 9.47 Å². The predicted octanol–water partition coefficient (Wildman–Crippen LogP) is 3.04. The van der Waals surface area contributed by atoms with Gasteiger partial charge in [-0.05, 0) is 55.8 Å². The Morgan fingerprint density at radius 3 is 2.38 bits per heavy atom. The molecule has 0 amide bonds. The molecule has 6 heteroatoms. The number of sulfonamides is 1. The molecule has 0 N–H and O–H groups in total. The van der Waals surface area contributed by atoms with Crippen LogP contribution in [0.3, 0.4) is 0 Å². The first-order chi connectivity index (χ1) is 11.4. The second-order valence-electron chi connectivity index (χ2n) is 6.18.